The lowest BCUT2D eigenvalue weighted by molar-refractivity contribution is -0.134. The third-order valence-corrected chi connectivity index (χ3v) is 6.02. The number of halogens is 1. The normalized spacial score (nSPS) is 15.5. The van der Waals surface area contributed by atoms with E-state index in [1.807, 2.05) is 24.0 Å². The van der Waals surface area contributed by atoms with Gasteiger partial charge in [0.2, 0.25) is 18.6 Å². The van der Waals surface area contributed by atoms with E-state index in [4.69, 9.17) is 25.8 Å². The third-order valence-electron chi connectivity index (χ3n) is 5.79. The first kappa shape index (κ1) is 22.3. The van der Waals surface area contributed by atoms with Crippen LogP contribution < -0.4 is 19.5 Å². The number of likely N-dealkylation sites (tertiary alicyclic amines) is 1. The maximum absolute atomic E-state index is 12.6. The number of carbonyl (C=O) groups excluding carboxylic acids is 2. The van der Waals surface area contributed by atoms with Gasteiger partial charge in [0, 0.05) is 42.2 Å². The number of benzene rings is 2. The first-order chi connectivity index (χ1) is 15.5. The average Bonchev–Trinajstić information content (AvgIpc) is 3.26. The Balaban J connectivity index is 1.17. The van der Waals surface area contributed by atoms with E-state index in [1.54, 1.807) is 24.3 Å². The van der Waals surface area contributed by atoms with Crippen molar-refractivity contribution in [2.75, 3.05) is 31.8 Å². The highest BCUT2D eigenvalue weighted by molar-refractivity contribution is 6.30. The summed E-state index contributed by atoms with van der Waals surface area (Å²) >= 11 is 5.96. The number of rotatable bonds is 7. The molecule has 1 saturated heterocycles. The van der Waals surface area contributed by atoms with Crippen molar-refractivity contribution in [3.8, 4) is 17.2 Å². The standard InChI is InChI=1S/C24H27ClN2O5/c1-16-13-18(25)4-6-20(16)30-12-2-3-23(28)27-10-8-17(9-11-27)24(29)26-19-5-7-21-22(14-19)32-15-31-21/h4-7,13-14,17H,2-3,8-12,15H2,1H3,(H,26,29). The van der Waals surface area contributed by atoms with Crippen molar-refractivity contribution >= 4 is 29.1 Å². The molecule has 32 heavy (non-hydrogen) atoms. The van der Waals surface area contributed by atoms with Crippen LogP contribution in [0.25, 0.3) is 0 Å². The summed E-state index contributed by atoms with van der Waals surface area (Å²) in [5.41, 5.74) is 1.67. The van der Waals surface area contributed by atoms with Gasteiger partial charge in [-0.25, -0.2) is 0 Å². The van der Waals surface area contributed by atoms with Gasteiger partial charge in [0.25, 0.3) is 0 Å². The van der Waals surface area contributed by atoms with E-state index in [9.17, 15) is 9.59 Å². The third kappa shape index (κ3) is 5.46. The van der Waals surface area contributed by atoms with Gasteiger partial charge in [-0.15, -0.1) is 0 Å². The van der Waals surface area contributed by atoms with Crippen LogP contribution in [0.2, 0.25) is 5.02 Å². The van der Waals surface area contributed by atoms with Crippen LogP contribution in [0.1, 0.15) is 31.2 Å². The van der Waals surface area contributed by atoms with Crippen LogP contribution in [0.5, 0.6) is 17.2 Å². The Hall–Kier alpha value is -2.93. The number of nitrogens with one attached hydrogen (secondary N) is 1. The lowest BCUT2D eigenvalue weighted by atomic mass is 9.95. The van der Waals surface area contributed by atoms with Crippen molar-refractivity contribution in [3.63, 3.8) is 0 Å². The number of carbonyl (C=O) groups is 2. The van der Waals surface area contributed by atoms with Crippen molar-refractivity contribution < 1.29 is 23.8 Å². The summed E-state index contributed by atoms with van der Waals surface area (Å²) in [4.78, 5) is 27.0. The molecule has 2 aromatic rings. The highest BCUT2D eigenvalue weighted by atomic mass is 35.5. The van der Waals surface area contributed by atoms with Gasteiger partial charge in [-0.1, -0.05) is 11.6 Å². The van der Waals surface area contributed by atoms with E-state index in [0.29, 0.717) is 67.6 Å². The zero-order valence-corrected chi connectivity index (χ0v) is 18.8. The number of hydrogen-bond acceptors (Lipinski definition) is 5. The first-order valence-electron chi connectivity index (χ1n) is 10.9. The van der Waals surface area contributed by atoms with Gasteiger partial charge in [0.15, 0.2) is 11.5 Å². The van der Waals surface area contributed by atoms with Gasteiger partial charge in [-0.3, -0.25) is 9.59 Å². The van der Waals surface area contributed by atoms with E-state index >= 15 is 0 Å². The fourth-order valence-electron chi connectivity index (χ4n) is 3.95. The van der Waals surface area contributed by atoms with Crippen LogP contribution in [0.4, 0.5) is 5.69 Å². The van der Waals surface area contributed by atoms with Gasteiger partial charge in [-0.2, -0.15) is 0 Å². The number of aryl methyl sites for hydroxylation is 1. The Labute approximate surface area is 192 Å². The molecule has 0 unspecified atom stereocenters. The molecule has 0 aromatic heterocycles. The molecule has 170 valence electrons. The summed E-state index contributed by atoms with van der Waals surface area (Å²) < 4.78 is 16.4. The quantitative estimate of drug-likeness (QED) is 0.622. The predicted molar refractivity (Wildman–Crippen MR) is 121 cm³/mol. The first-order valence-corrected chi connectivity index (χ1v) is 11.2. The average molecular weight is 459 g/mol. The van der Waals surface area contributed by atoms with Crippen LogP contribution in [0, 0.1) is 12.8 Å². The minimum Gasteiger partial charge on any atom is -0.493 e. The Morgan fingerprint density at radius 1 is 1.12 bits per heavy atom. The Kier molecular flexibility index (Phi) is 7.05. The van der Waals surface area contributed by atoms with Crippen molar-refractivity contribution in [1.82, 2.24) is 4.90 Å². The molecule has 0 saturated carbocycles. The molecule has 8 heteroatoms. The van der Waals surface area contributed by atoms with Crippen molar-refractivity contribution in [3.05, 3.63) is 47.0 Å². The largest absolute Gasteiger partial charge is 0.493 e. The lowest BCUT2D eigenvalue weighted by Crippen LogP contribution is -2.41. The molecule has 2 amide bonds. The van der Waals surface area contributed by atoms with E-state index in [1.165, 1.54) is 0 Å². The number of amides is 2. The van der Waals surface area contributed by atoms with Crippen LogP contribution in [0.3, 0.4) is 0 Å². The maximum atomic E-state index is 12.6. The molecule has 0 radical (unpaired) electrons. The zero-order valence-electron chi connectivity index (χ0n) is 18.1. The molecule has 2 heterocycles. The van der Waals surface area contributed by atoms with Crippen LogP contribution in [-0.4, -0.2) is 43.2 Å². The fraction of sp³-hybridized carbons (Fsp3) is 0.417. The smallest absolute Gasteiger partial charge is 0.231 e. The van der Waals surface area contributed by atoms with Crippen LogP contribution >= 0.6 is 11.6 Å². The number of ether oxygens (including phenoxy) is 3. The molecule has 2 aromatic carbocycles. The Bertz CT molecular complexity index is 988. The molecule has 0 atom stereocenters. The van der Waals surface area contributed by atoms with E-state index in [0.717, 1.165) is 11.3 Å². The number of hydrogen-bond donors (Lipinski definition) is 1. The van der Waals surface area contributed by atoms with Crippen molar-refractivity contribution in [2.24, 2.45) is 5.92 Å². The summed E-state index contributed by atoms with van der Waals surface area (Å²) in [5.74, 6) is 2.08. The van der Waals surface area contributed by atoms with Gasteiger partial charge < -0.3 is 24.4 Å². The van der Waals surface area contributed by atoms with Crippen molar-refractivity contribution in [2.45, 2.75) is 32.6 Å². The molecule has 1 fully saturated rings. The molecule has 0 spiro atoms. The zero-order chi connectivity index (χ0) is 22.5. The molecular formula is C24H27ClN2O5. The molecule has 2 aliphatic heterocycles. The summed E-state index contributed by atoms with van der Waals surface area (Å²) in [6, 6.07) is 10.9. The highest BCUT2D eigenvalue weighted by Gasteiger charge is 2.27. The monoisotopic (exact) mass is 458 g/mol. The summed E-state index contributed by atoms with van der Waals surface area (Å²) in [6.45, 7) is 3.80. The molecule has 1 N–H and O–H groups in total. The lowest BCUT2D eigenvalue weighted by Gasteiger charge is -2.31. The van der Waals surface area contributed by atoms with Gasteiger partial charge in [0.05, 0.1) is 6.61 Å². The minimum absolute atomic E-state index is 0.0253. The second-order valence-corrected chi connectivity index (χ2v) is 8.51. The number of nitrogens with zero attached hydrogens (tertiary/aromatic N) is 1. The van der Waals surface area contributed by atoms with Gasteiger partial charge in [0.1, 0.15) is 5.75 Å². The molecular weight excluding hydrogens is 432 g/mol. The number of piperidine rings is 1. The second kappa shape index (κ2) is 10.1. The van der Waals surface area contributed by atoms with E-state index in [2.05, 4.69) is 5.32 Å². The number of anilines is 1. The maximum Gasteiger partial charge on any atom is 0.231 e. The van der Waals surface area contributed by atoms with Gasteiger partial charge >= 0.3 is 0 Å². The Morgan fingerprint density at radius 2 is 1.91 bits per heavy atom. The highest BCUT2D eigenvalue weighted by Crippen LogP contribution is 2.34. The second-order valence-electron chi connectivity index (χ2n) is 8.07. The molecule has 2 aliphatic rings. The molecule has 7 nitrogen and oxygen atoms in total. The van der Waals surface area contributed by atoms with Gasteiger partial charge in [-0.05, 0) is 62.1 Å². The van der Waals surface area contributed by atoms with Crippen molar-refractivity contribution in [1.29, 1.82) is 0 Å². The molecule has 4 rings (SSSR count). The van der Waals surface area contributed by atoms with Crippen LogP contribution in [-0.2, 0) is 9.59 Å². The number of fused-ring (bicyclic) bond motifs is 1. The Morgan fingerprint density at radius 3 is 2.69 bits per heavy atom. The molecule has 0 aliphatic carbocycles. The minimum atomic E-state index is -0.110. The summed E-state index contributed by atoms with van der Waals surface area (Å²) in [5, 5.41) is 3.63. The van der Waals surface area contributed by atoms with E-state index < -0.39 is 0 Å². The predicted octanol–water partition coefficient (Wildman–Crippen LogP) is 4.41. The fourth-order valence-corrected chi connectivity index (χ4v) is 4.17. The summed E-state index contributed by atoms with van der Waals surface area (Å²) in [6.07, 6.45) is 2.39. The topological polar surface area (TPSA) is 77.1 Å². The summed E-state index contributed by atoms with van der Waals surface area (Å²) in [7, 11) is 0. The molecule has 0 bridgehead atoms. The SMILES string of the molecule is Cc1cc(Cl)ccc1OCCCC(=O)N1CCC(C(=O)Nc2ccc3c(c2)OCO3)CC1. The van der Waals surface area contributed by atoms with E-state index in [-0.39, 0.29) is 24.5 Å². The van der Waals surface area contributed by atoms with Crippen LogP contribution in [0.15, 0.2) is 36.4 Å².